The van der Waals surface area contributed by atoms with Crippen LogP contribution in [0.3, 0.4) is 0 Å². The fourth-order valence-corrected chi connectivity index (χ4v) is 5.84. The highest BCUT2D eigenvalue weighted by molar-refractivity contribution is 6.38. The molecule has 3 heterocycles. The molecule has 4 aromatic rings. The number of anilines is 3. The topological polar surface area (TPSA) is 82.9 Å². The summed E-state index contributed by atoms with van der Waals surface area (Å²) in [7, 11) is 1.36. The lowest BCUT2D eigenvalue weighted by Gasteiger charge is -2.39. The summed E-state index contributed by atoms with van der Waals surface area (Å²) in [5.74, 6) is -1.01. The van der Waals surface area contributed by atoms with Gasteiger partial charge in [-0.15, -0.1) is 0 Å². The molecule has 1 N–H and O–H groups in total. The molecule has 0 aliphatic carbocycles. The van der Waals surface area contributed by atoms with Crippen molar-refractivity contribution in [3.05, 3.63) is 119 Å². The average Bonchev–Trinajstić information content (AvgIpc) is 3.44. The van der Waals surface area contributed by atoms with Crippen molar-refractivity contribution in [3.8, 4) is 0 Å². The van der Waals surface area contributed by atoms with Crippen molar-refractivity contribution < 1.29 is 18.8 Å². The molecule has 0 bridgehead atoms. The molecule has 2 aliphatic heterocycles. The van der Waals surface area contributed by atoms with Crippen molar-refractivity contribution in [2.45, 2.75) is 38.5 Å². The number of nitrogens with zero attached hydrogens (tertiary/aromatic N) is 2. The van der Waals surface area contributed by atoms with Crippen molar-refractivity contribution in [1.29, 1.82) is 0 Å². The minimum atomic E-state index is -0.699. The average molecular weight is 546 g/mol. The summed E-state index contributed by atoms with van der Waals surface area (Å²) in [5.41, 5.74) is 6.16. The quantitative estimate of drug-likeness (QED) is 0.221. The molecule has 206 valence electrons. The zero-order valence-corrected chi connectivity index (χ0v) is 23.7. The first-order valence-corrected chi connectivity index (χ1v) is 13.5. The fourth-order valence-electron chi connectivity index (χ4n) is 5.84. The van der Waals surface area contributed by atoms with E-state index in [1.54, 1.807) is 36.6 Å². The Morgan fingerprint density at radius 3 is 2.29 bits per heavy atom. The van der Waals surface area contributed by atoms with Gasteiger partial charge in [0.25, 0.3) is 11.8 Å². The number of barbiturate groups is 1. The smallest absolute Gasteiger partial charge is 0.338 e. The number of benzene rings is 3. The standard InChI is InChI=1S/C34H31N3O4/c1-33(2,26-15-11-16-27-29(26)35-28-17-10-9-14-25(28)34(27,3)4)21-18-23(41-20-21)19-24-30(38)36(5)32(40)37(31(24)39)22-12-7-6-8-13-22/h6-20,35H,1-5H3/b24-19+. The van der Waals surface area contributed by atoms with E-state index in [4.69, 9.17) is 4.42 Å². The Labute approximate surface area is 239 Å². The predicted octanol–water partition coefficient (Wildman–Crippen LogP) is 7.00. The van der Waals surface area contributed by atoms with E-state index in [0.717, 1.165) is 32.3 Å². The third-order valence-corrected chi connectivity index (χ3v) is 8.36. The molecule has 0 spiro atoms. The zero-order chi connectivity index (χ0) is 29.1. The number of likely N-dealkylation sites (N-methyl/N-ethyl adjacent to an activating group) is 1. The van der Waals surface area contributed by atoms with Crippen LogP contribution in [0, 0.1) is 0 Å². The Morgan fingerprint density at radius 1 is 0.854 bits per heavy atom. The summed E-state index contributed by atoms with van der Waals surface area (Å²) in [6.07, 6.45) is 3.08. The van der Waals surface area contributed by atoms with Crippen LogP contribution in [0.1, 0.15) is 55.7 Å². The molecule has 1 saturated heterocycles. The number of nitrogens with one attached hydrogen (secondary N) is 1. The van der Waals surface area contributed by atoms with E-state index < -0.39 is 23.3 Å². The van der Waals surface area contributed by atoms with E-state index in [0.29, 0.717) is 11.4 Å². The Bertz CT molecular complexity index is 1750. The van der Waals surface area contributed by atoms with Gasteiger partial charge in [0.1, 0.15) is 11.3 Å². The lowest BCUT2D eigenvalue weighted by atomic mass is 9.70. The van der Waals surface area contributed by atoms with Gasteiger partial charge >= 0.3 is 6.03 Å². The van der Waals surface area contributed by atoms with E-state index in [9.17, 15) is 14.4 Å². The van der Waals surface area contributed by atoms with Gasteiger partial charge in [0, 0.05) is 34.8 Å². The van der Waals surface area contributed by atoms with Crippen LogP contribution in [0.5, 0.6) is 0 Å². The molecular weight excluding hydrogens is 514 g/mol. The maximum atomic E-state index is 13.4. The van der Waals surface area contributed by atoms with Gasteiger partial charge in [-0.05, 0) is 47.0 Å². The molecule has 7 heteroatoms. The Morgan fingerprint density at radius 2 is 1.54 bits per heavy atom. The third-order valence-electron chi connectivity index (χ3n) is 8.36. The van der Waals surface area contributed by atoms with E-state index >= 15 is 0 Å². The SMILES string of the molecule is CN1C(=O)/C(=C\c2cc(C(C)(C)c3cccc4c3Nc3ccccc3C4(C)C)co2)C(=O)N(c2ccccc2)C1=O. The maximum Gasteiger partial charge on any atom is 0.338 e. The molecular formula is C34H31N3O4. The van der Waals surface area contributed by atoms with Gasteiger partial charge in [0.05, 0.1) is 12.0 Å². The molecule has 1 aromatic heterocycles. The molecule has 6 rings (SSSR count). The number of imide groups is 2. The van der Waals surface area contributed by atoms with Crippen LogP contribution in [-0.4, -0.2) is 29.8 Å². The van der Waals surface area contributed by atoms with Gasteiger partial charge in [-0.1, -0.05) is 82.3 Å². The number of rotatable bonds is 4. The highest BCUT2D eigenvalue weighted by atomic mass is 16.3. The predicted molar refractivity (Wildman–Crippen MR) is 159 cm³/mol. The second kappa shape index (κ2) is 9.34. The largest absolute Gasteiger partial charge is 0.465 e. The molecule has 0 atom stereocenters. The van der Waals surface area contributed by atoms with Gasteiger partial charge in [-0.2, -0.15) is 0 Å². The summed E-state index contributed by atoms with van der Waals surface area (Å²) >= 11 is 0. The summed E-state index contributed by atoms with van der Waals surface area (Å²) in [5, 5.41) is 3.68. The molecule has 1 fully saturated rings. The van der Waals surface area contributed by atoms with Crippen molar-refractivity contribution in [2.75, 3.05) is 17.3 Å². The summed E-state index contributed by atoms with van der Waals surface area (Å²) in [4.78, 5) is 41.2. The molecule has 0 unspecified atom stereocenters. The monoisotopic (exact) mass is 545 g/mol. The maximum absolute atomic E-state index is 13.4. The van der Waals surface area contributed by atoms with Crippen molar-refractivity contribution in [1.82, 2.24) is 4.90 Å². The highest BCUT2D eigenvalue weighted by Crippen LogP contribution is 2.49. The number of furan rings is 1. The lowest BCUT2D eigenvalue weighted by Crippen LogP contribution is -2.55. The van der Waals surface area contributed by atoms with Crippen molar-refractivity contribution in [2.24, 2.45) is 0 Å². The van der Waals surface area contributed by atoms with Crippen LogP contribution < -0.4 is 10.2 Å². The van der Waals surface area contributed by atoms with Crippen LogP contribution in [0.2, 0.25) is 0 Å². The second-order valence-corrected chi connectivity index (χ2v) is 11.6. The number of carbonyl (C=O) groups excluding carboxylic acids is 3. The summed E-state index contributed by atoms with van der Waals surface area (Å²) in [6, 6.07) is 24.4. The summed E-state index contributed by atoms with van der Waals surface area (Å²) < 4.78 is 5.89. The number of hydrogen-bond acceptors (Lipinski definition) is 5. The molecule has 3 aromatic carbocycles. The van der Waals surface area contributed by atoms with Crippen molar-refractivity contribution >= 4 is 41.0 Å². The Hall–Kier alpha value is -4.91. The molecule has 41 heavy (non-hydrogen) atoms. The number of hydrogen-bond donors (Lipinski definition) is 1. The van der Waals surface area contributed by atoms with Gasteiger partial charge < -0.3 is 9.73 Å². The van der Waals surface area contributed by atoms with Gasteiger partial charge in [-0.25, -0.2) is 9.69 Å². The Kier molecular flexibility index (Phi) is 5.99. The van der Waals surface area contributed by atoms with Crippen LogP contribution in [-0.2, 0) is 20.4 Å². The molecule has 2 aliphatic rings. The van der Waals surface area contributed by atoms with Crippen LogP contribution >= 0.6 is 0 Å². The highest BCUT2D eigenvalue weighted by Gasteiger charge is 2.41. The van der Waals surface area contributed by atoms with E-state index in [1.165, 1.54) is 24.3 Å². The normalized spacial score (nSPS) is 17.4. The van der Waals surface area contributed by atoms with Crippen LogP contribution in [0.25, 0.3) is 6.08 Å². The van der Waals surface area contributed by atoms with Crippen molar-refractivity contribution in [3.63, 3.8) is 0 Å². The van der Waals surface area contributed by atoms with Crippen LogP contribution in [0.15, 0.2) is 95.1 Å². The van der Waals surface area contributed by atoms with Gasteiger partial charge in [0.15, 0.2) is 0 Å². The first kappa shape index (κ1) is 26.3. The number of urea groups is 1. The van der Waals surface area contributed by atoms with E-state index in [-0.39, 0.29) is 11.0 Å². The Balaban J connectivity index is 1.37. The minimum absolute atomic E-state index is 0.147. The number of carbonyl (C=O) groups is 3. The minimum Gasteiger partial charge on any atom is -0.465 e. The zero-order valence-electron chi connectivity index (χ0n) is 23.7. The molecule has 0 saturated carbocycles. The summed E-state index contributed by atoms with van der Waals surface area (Å²) in [6.45, 7) is 8.73. The lowest BCUT2D eigenvalue weighted by molar-refractivity contribution is -0.128. The second-order valence-electron chi connectivity index (χ2n) is 11.6. The number of fused-ring (bicyclic) bond motifs is 2. The number of para-hydroxylation sites is 3. The van der Waals surface area contributed by atoms with Crippen LogP contribution in [0.4, 0.5) is 21.9 Å². The van der Waals surface area contributed by atoms with Gasteiger partial charge in [0.2, 0.25) is 0 Å². The van der Waals surface area contributed by atoms with E-state index in [1.807, 2.05) is 12.1 Å². The first-order valence-electron chi connectivity index (χ1n) is 13.5. The third kappa shape index (κ3) is 4.08. The molecule has 0 radical (unpaired) electrons. The molecule has 4 amide bonds. The number of amides is 4. The first-order chi connectivity index (χ1) is 19.5. The van der Waals surface area contributed by atoms with E-state index in [2.05, 4.69) is 69.4 Å². The molecule has 7 nitrogen and oxygen atoms in total. The van der Waals surface area contributed by atoms with Gasteiger partial charge in [-0.3, -0.25) is 14.5 Å². The fraction of sp³-hybridized carbons (Fsp3) is 0.206.